The van der Waals surface area contributed by atoms with Crippen LogP contribution in [0.15, 0.2) is 35.5 Å². The lowest BCUT2D eigenvalue weighted by Crippen LogP contribution is -2.45. The number of carboxylic acid groups (broad SMARTS) is 1. The van der Waals surface area contributed by atoms with Crippen LogP contribution in [-0.2, 0) is 14.3 Å². The third-order valence-electron chi connectivity index (χ3n) is 3.34. The Bertz CT molecular complexity index is 680. The van der Waals surface area contributed by atoms with E-state index in [0.717, 1.165) is 0 Å². The lowest BCUT2D eigenvalue weighted by Gasteiger charge is -2.28. The summed E-state index contributed by atoms with van der Waals surface area (Å²) in [6.07, 6.45) is 0. The van der Waals surface area contributed by atoms with E-state index in [9.17, 15) is 14.4 Å². The Hall–Kier alpha value is -3.03. The first-order valence-corrected chi connectivity index (χ1v) is 7.32. The fourth-order valence-corrected chi connectivity index (χ4v) is 2.32. The smallest absolute Gasteiger partial charge is 0.341 e. The predicted molar refractivity (Wildman–Crippen MR) is 83.3 cm³/mol. The molecule has 0 saturated carbocycles. The summed E-state index contributed by atoms with van der Waals surface area (Å²) in [6.45, 7) is 3.10. The molecule has 1 aromatic carbocycles. The molecule has 2 rings (SSSR count). The second-order valence-electron chi connectivity index (χ2n) is 5.04. The third-order valence-corrected chi connectivity index (χ3v) is 3.34. The average Bonchev–Trinajstić information content (AvgIpc) is 2.52. The van der Waals surface area contributed by atoms with Gasteiger partial charge in [0, 0.05) is 5.70 Å². The van der Waals surface area contributed by atoms with Gasteiger partial charge >= 0.3 is 18.0 Å². The molecule has 1 heterocycles. The summed E-state index contributed by atoms with van der Waals surface area (Å²) < 4.78 is 10.1. The lowest BCUT2D eigenvalue weighted by atomic mass is 9.95. The fourth-order valence-electron chi connectivity index (χ4n) is 2.32. The summed E-state index contributed by atoms with van der Waals surface area (Å²) in [5.41, 5.74) is 1.39. The molecule has 0 spiro atoms. The molecule has 0 aliphatic carbocycles. The largest absolute Gasteiger partial charge is 0.482 e. The highest BCUT2D eigenvalue weighted by molar-refractivity contribution is 5.95. The quantitative estimate of drug-likeness (QED) is 0.677. The first-order chi connectivity index (χ1) is 11.4. The second-order valence-corrected chi connectivity index (χ2v) is 5.04. The fraction of sp³-hybridized carbons (Fsp3) is 0.312. The molecule has 0 saturated heterocycles. The molecule has 1 aromatic rings. The van der Waals surface area contributed by atoms with Gasteiger partial charge < -0.3 is 25.2 Å². The number of esters is 1. The Morgan fingerprint density at radius 2 is 1.92 bits per heavy atom. The topological polar surface area (TPSA) is 114 Å². The van der Waals surface area contributed by atoms with Crippen molar-refractivity contribution in [3.63, 3.8) is 0 Å². The molecule has 2 amide bonds. The summed E-state index contributed by atoms with van der Waals surface area (Å²) in [6, 6.07) is 5.37. The zero-order valence-electron chi connectivity index (χ0n) is 13.3. The number of rotatable bonds is 6. The molecular weight excluding hydrogens is 316 g/mol. The monoisotopic (exact) mass is 334 g/mol. The van der Waals surface area contributed by atoms with E-state index in [2.05, 4.69) is 10.6 Å². The number of allylic oxidation sites excluding steroid dienone is 1. The van der Waals surface area contributed by atoms with Crippen LogP contribution in [0.3, 0.4) is 0 Å². The van der Waals surface area contributed by atoms with Crippen LogP contribution < -0.4 is 15.4 Å². The van der Waals surface area contributed by atoms with Crippen LogP contribution in [-0.4, -0.2) is 36.3 Å². The summed E-state index contributed by atoms with van der Waals surface area (Å²) in [5, 5.41) is 13.8. The van der Waals surface area contributed by atoms with Gasteiger partial charge in [0.2, 0.25) is 0 Å². The minimum Gasteiger partial charge on any atom is -0.482 e. The highest BCUT2D eigenvalue weighted by Gasteiger charge is 2.32. The Kier molecular flexibility index (Phi) is 5.41. The minimum atomic E-state index is -1.08. The second kappa shape index (κ2) is 7.49. The summed E-state index contributed by atoms with van der Waals surface area (Å²) in [4.78, 5) is 34.4. The molecular formula is C16H18N2O6. The van der Waals surface area contributed by atoms with Crippen molar-refractivity contribution < 1.29 is 29.0 Å². The van der Waals surface area contributed by atoms with E-state index in [0.29, 0.717) is 22.6 Å². The van der Waals surface area contributed by atoms with E-state index in [-0.39, 0.29) is 6.61 Å². The van der Waals surface area contributed by atoms with Gasteiger partial charge in [-0.3, -0.25) is 0 Å². The minimum absolute atomic E-state index is 0.220. The predicted octanol–water partition coefficient (Wildman–Crippen LogP) is 1.34. The number of carbonyl (C=O) groups excluding carboxylic acids is 2. The van der Waals surface area contributed by atoms with Crippen LogP contribution >= 0.6 is 0 Å². The number of carboxylic acids is 1. The van der Waals surface area contributed by atoms with Crippen molar-refractivity contribution in [3.05, 3.63) is 41.1 Å². The SMILES string of the molecule is CCOC(=O)C1=C(C)NC(=O)NC1c1ccc(OCC(=O)O)cc1. The maximum Gasteiger partial charge on any atom is 0.341 e. The molecule has 0 fully saturated rings. The molecule has 1 unspecified atom stereocenters. The third kappa shape index (κ3) is 4.03. The maximum atomic E-state index is 12.2. The van der Waals surface area contributed by atoms with Crippen LogP contribution in [0, 0.1) is 0 Å². The molecule has 0 aromatic heterocycles. The molecule has 1 aliphatic rings. The highest BCUT2D eigenvalue weighted by Crippen LogP contribution is 2.28. The van der Waals surface area contributed by atoms with E-state index in [1.54, 1.807) is 38.1 Å². The number of nitrogens with one attached hydrogen (secondary N) is 2. The summed E-state index contributed by atoms with van der Waals surface area (Å²) >= 11 is 0. The number of aliphatic carboxylic acids is 1. The lowest BCUT2D eigenvalue weighted by molar-refractivity contribution is -0.140. The van der Waals surface area contributed by atoms with Gasteiger partial charge in [-0.05, 0) is 31.5 Å². The Balaban J connectivity index is 2.26. The van der Waals surface area contributed by atoms with Crippen LogP contribution in [0.5, 0.6) is 5.75 Å². The van der Waals surface area contributed by atoms with Crippen LogP contribution in [0.25, 0.3) is 0 Å². The van der Waals surface area contributed by atoms with Crippen molar-refractivity contribution in [2.24, 2.45) is 0 Å². The van der Waals surface area contributed by atoms with Crippen molar-refractivity contribution in [2.45, 2.75) is 19.9 Å². The number of amides is 2. The van der Waals surface area contributed by atoms with Gasteiger partial charge in [0.05, 0.1) is 18.2 Å². The van der Waals surface area contributed by atoms with Gasteiger partial charge in [0.1, 0.15) is 5.75 Å². The molecule has 8 heteroatoms. The van der Waals surface area contributed by atoms with Gasteiger partial charge in [-0.15, -0.1) is 0 Å². The molecule has 0 bridgehead atoms. The number of hydrogen-bond donors (Lipinski definition) is 3. The van der Waals surface area contributed by atoms with Crippen molar-refractivity contribution in [2.75, 3.05) is 13.2 Å². The molecule has 128 valence electrons. The van der Waals surface area contributed by atoms with Crippen LogP contribution in [0.1, 0.15) is 25.5 Å². The first-order valence-electron chi connectivity index (χ1n) is 7.32. The van der Waals surface area contributed by atoms with Crippen LogP contribution in [0.2, 0.25) is 0 Å². The van der Waals surface area contributed by atoms with E-state index in [1.165, 1.54) is 0 Å². The van der Waals surface area contributed by atoms with Gasteiger partial charge in [0.25, 0.3) is 0 Å². The highest BCUT2D eigenvalue weighted by atomic mass is 16.5. The molecule has 3 N–H and O–H groups in total. The first kappa shape index (κ1) is 17.3. The summed E-state index contributed by atoms with van der Waals surface area (Å²) in [7, 11) is 0. The number of carbonyl (C=O) groups is 3. The van der Waals surface area contributed by atoms with E-state index < -0.39 is 30.6 Å². The van der Waals surface area contributed by atoms with Crippen LogP contribution in [0.4, 0.5) is 4.79 Å². The average molecular weight is 334 g/mol. The number of hydrogen-bond acceptors (Lipinski definition) is 5. The summed E-state index contributed by atoms with van der Waals surface area (Å²) in [5.74, 6) is -1.22. The van der Waals surface area contributed by atoms with E-state index in [4.69, 9.17) is 14.6 Å². The van der Waals surface area contributed by atoms with Crippen molar-refractivity contribution >= 4 is 18.0 Å². The van der Waals surface area contributed by atoms with Gasteiger partial charge in [-0.1, -0.05) is 12.1 Å². The van der Waals surface area contributed by atoms with Crippen molar-refractivity contribution in [3.8, 4) is 5.75 Å². The van der Waals surface area contributed by atoms with Gasteiger partial charge in [-0.2, -0.15) is 0 Å². The Morgan fingerprint density at radius 3 is 2.50 bits per heavy atom. The standard InChI is InChI=1S/C16H18N2O6/c1-3-23-15(21)13-9(2)17-16(22)18-14(13)10-4-6-11(7-5-10)24-8-12(19)20/h4-7,14H,3,8H2,1-2H3,(H,19,20)(H2,17,18,22). The molecule has 1 atom stereocenters. The molecule has 0 radical (unpaired) electrons. The van der Waals surface area contributed by atoms with E-state index in [1.807, 2.05) is 0 Å². The Labute approximate surface area is 138 Å². The zero-order chi connectivity index (χ0) is 17.7. The normalized spacial score (nSPS) is 16.9. The number of ether oxygens (including phenoxy) is 2. The van der Waals surface area contributed by atoms with Crippen molar-refractivity contribution in [1.82, 2.24) is 10.6 Å². The molecule has 1 aliphatic heterocycles. The Morgan fingerprint density at radius 1 is 1.25 bits per heavy atom. The molecule has 24 heavy (non-hydrogen) atoms. The van der Waals surface area contributed by atoms with Gasteiger partial charge in [0.15, 0.2) is 6.61 Å². The maximum absolute atomic E-state index is 12.2. The zero-order valence-corrected chi connectivity index (χ0v) is 13.3. The number of benzene rings is 1. The van der Waals surface area contributed by atoms with E-state index >= 15 is 0 Å². The van der Waals surface area contributed by atoms with Crippen molar-refractivity contribution in [1.29, 1.82) is 0 Å². The molecule has 8 nitrogen and oxygen atoms in total. The van der Waals surface area contributed by atoms with Gasteiger partial charge in [-0.25, -0.2) is 14.4 Å². The number of urea groups is 1.